The predicted molar refractivity (Wildman–Crippen MR) is 46.4 cm³/mol. The van der Waals surface area contributed by atoms with Crippen LogP contribution in [0.2, 0.25) is 0 Å². The van der Waals surface area contributed by atoms with Gasteiger partial charge >= 0.3 is 5.97 Å². The molecule has 0 saturated heterocycles. The standard InChI is InChI=1S/C7H10BrNO2/c8-5-1-2-6(9)3-4-7(10)11/h2,5-6H,3-4,9H2,(H,10,11). The van der Waals surface area contributed by atoms with Crippen molar-refractivity contribution in [2.75, 3.05) is 0 Å². The highest BCUT2D eigenvalue weighted by atomic mass is 79.9. The lowest BCUT2D eigenvalue weighted by Gasteiger charge is -2.00. The molecule has 3 N–H and O–H groups in total. The first-order valence-corrected chi connectivity index (χ1v) is 4.07. The van der Waals surface area contributed by atoms with Gasteiger partial charge in [0.05, 0.1) is 0 Å². The zero-order valence-electron chi connectivity index (χ0n) is 5.96. The van der Waals surface area contributed by atoms with E-state index in [9.17, 15) is 4.79 Å². The Bertz CT molecular complexity index is 185. The maximum Gasteiger partial charge on any atom is 0.303 e. The Kier molecular flexibility index (Phi) is 5.84. The molecule has 0 aromatic rings. The number of halogens is 1. The average Bonchev–Trinajstić information content (AvgIpc) is 1.97. The molecular formula is C7H10BrNO2. The second kappa shape index (κ2) is 6.16. The summed E-state index contributed by atoms with van der Waals surface area (Å²) in [5, 5.41) is 8.28. The molecule has 0 spiro atoms. The van der Waals surface area contributed by atoms with E-state index in [1.165, 1.54) is 0 Å². The molecule has 11 heavy (non-hydrogen) atoms. The molecule has 0 fully saturated rings. The van der Waals surface area contributed by atoms with Crippen molar-refractivity contribution in [3.05, 3.63) is 16.8 Å². The molecule has 3 nitrogen and oxygen atoms in total. The first-order valence-electron chi connectivity index (χ1n) is 3.15. The van der Waals surface area contributed by atoms with E-state index in [4.69, 9.17) is 10.8 Å². The van der Waals surface area contributed by atoms with Gasteiger partial charge in [0.15, 0.2) is 0 Å². The molecule has 62 valence electrons. The topological polar surface area (TPSA) is 63.3 Å². The van der Waals surface area contributed by atoms with Crippen LogP contribution in [0.4, 0.5) is 0 Å². The molecule has 0 saturated carbocycles. The van der Waals surface area contributed by atoms with Crippen LogP contribution in [0, 0.1) is 0 Å². The molecular weight excluding hydrogens is 210 g/mol. The van der Waals surface area contributed by atoms with Crippen LogP contribution in [0.3, 0.4) is 0 Å². The Morgan fingerprint density at radius 3 is 2.91 bits per heavy atom. The lowest BCUT2D eigenvalue weighted by Crippen LogP contribution is -2.17. The molecule has 1 atom stereocenters. The zero-order chi connectivity index (χ0) is 8.69. The van der Waals surface area contributed by atoms with Crippen LogP contribution >= 0.6 is 15.9 Å². The van der Waals surface area contributed by atoms with Crippen LogP contribution in [0.5, 0.6) is 0 Å². The second-order valence-electron chi connectivity index (χ2n) is 2.04. The van der Waals surface area contributed by atoms with E-state index in [0.29, 0.717) is 6.42 Å². The van der Waals surface area contributed by atoms with E-state index in [1.54, 1.807) is 11.1 Å². The molecule has 0 amide bonds. The summed E-state index contributed by atoms with van der Waals surface area (Å²) in [6.07, 6.45) is 2.17. The van der Waals surface area contributed by atoms with Crippen LogP contribution in [0.15, 0.2) is 16.8 Å². The third-order valence-electron chi connectivity index (χ3n) is 1.06. The van der Waals surface area contributed by atoms with Crippen molar-refractivity contribution in [1.29, 1.82) is 0 Å². The van der Waals surface area contributed by atoms with E-state index in [0.717, 1.165) is 0 Å². The lowest BCUT2D eigenvalue weighted by molar-refractivity contribution is -0.137. The number of rotatable bonds is 4. The normalized spacial score (nSPS) is 11.5. The highest BCUT2D eigenvalue weighted by Gasteiger charge is 2.00. The summed E-state index contributed by atoms with van der Waals surface area (Å²) >= 11 is 3.02. The highest BCUT2D eigenvalue weighted by Crippen LogP contribution is 1.95. The van der Waals surface area contributed by atoms with Gasteiger partial charge in [-0.05, 0) is 12.5 Å². The molecule has 4 heteroatoms. The van der Waals surface area contributed by atoms with Gasteiger partial charge in [-0.15, -0.1) is 5.73 Å². The third kappa shape index (κ3) is 7.33. The number of carbonyl (C=O) groups is 1. The molecule has 0 rings (SSSR count). The second-order valence-corrected chi connectivity index (χ2v) is 2.50. The van der Waals surface area contributed by atoms with Crippen molar-refractivity contribution in [3.63, 3.8) is 0 Å². The van der Waals surface area contributed by atoms with Gasteiger partial charge in [0.1, 0.15) is 0 Å². The Labute approximate surface area is 73.7 Å². The molecule has 0 heterocycles. The first kappa shape index (κ1) is 10.4. The molecule has 0 radical (unpaired) electrons. The number of nitrogens with two attached hydrogens (primary N) is 1. The van der Waals surface area contributed by atoms with Crippen LogP contribution in [-0.4, -0.2) is 17.1 Å². The van der Waals surface area contributed by atoms with Gasteiger partial charge in [-0.2, -0.15) is 0 Å². The molecule has 0 aromatic heterocycles. The third-order valence-corrected chi connectivity index (χ3v) is 1.33. The monoisotopic (exact) mass is 219 g/mol. The lowest BCUT2D eigenvalue weighted by atomic mass is 10.2. The summed E-state index contributed by atoms with van der Waals surface area (Å²) in [5.74, 6) is -0.823. The molecule has 0 aromatic carbocycles. The van der Waals surface area contributed by atoms with Crippen LogP contribution in [0.25, 0.3) is 0 Å². The minimum atomic E-state index is -0.823. The van der Waals surface area contributed by atoms with Crippen LogP contribution in [-0.2, 0) is 4.79 Å². The summed E-state index contributed by atoms with van der Waals surface area (Å²) in [7, 11) is 0. The fraction of sp³-hybridized carbons (Fsp3) is 0.429. The van der Waals surface area contributed by atoms with Crippen molar-refractivity contribution < 1.29 is 9.90 Å². The molecule has 1 unspecified atom stereocenters. The SMILES string of the molecule is NC(C=C=CBr)CCC(=O)O. The fourth-order valence-corrected chi connectivity index (χ4v) is 0.686. The molecule has 0 aliphatic rings. The maximum absolute atomic E-state index is 10.1. The number of aliphatic carboxylic acids is 1. The number of hydrogen-bond donors (Lipinski definition) is 2. The Morgan fingerprint density at radius 2 is 2.45 bits per heavy atom. The van der Waals surface area contributed by atoms with Gasteiger partial charge in [0, 0.05) is 17.4 Å². The summed E-state index contributed by atoms with van der Waals surface area (Å²) in [4.78, 5) is 11.6. The fourth-order valence-electron chi connectivity index (χ4n) is 0.533. The zero-order valence-corrected chi connectivity index (χ0v) is 7.54. The first-order chi connectivity index (χ1) is 5.16. The van der Waals surface area contributed by atoms with Crippen molar-refractivity contribution in [2.24, 2.45) is 5.73 Å². The van der Waals surface area contributed by atoms with E-state index in [2.05, 4.69) is 21.7 Å². The van der Waals surface area contributed by atoms with Crippen molar-refractivity contribution in [1.82, 2.24) is 0 Å². The van der Waals surface area contributed by atoms with Gasteiger partial charge in [0.2, 0.25) is 0 Å². The summed E-state index contributed by atoms with van der Waals surface area (Å²) in [6, 6.07) is -0.222. The molecule has 0 bridgehead atoms. The summed E-state index contributed by atoms with van der Waals surface area (Å²) in [5.41, 5.74) is 8.21. The number of carboxylic acids is 1. The van der Waals surface area contributed by atoms with E-state index < -0.39 is 5.97 Å². The van der Waals surface area contributed by atoms with Gasteiger partial charge in [0.25, 0.3) is 0 Å². The van der Waals surface area contributed by atoms with Crippen molar-refractivity contribution in [3.8, 4) is 0 Å². The molecule has 0 aliphatic heterocycles. The Balaban J connectivity index is 3.61. The van der Waals surface area contributed by atoms with E-state index >= 15 is 0 Å². The smallest absolute Gasteiger partial charge is 0.303 e. The average molecular weight is 220 g/mol. The Hall–Kier alpha value is -0.570. The van der Waals surface area contributed by atoms with Crippen LogP contribution < -0.4 is 5.73 Å². The van der Waals surface area contributed by atoms with E-state index in [-0.39, 0.29) is 12.5 Å². The number of carboxylic acid groups (broad SMARTS) is 1. The minimum absolute atomic E-state index is 0.0988. The van der Waals surface area contributed by atoms with E-state index in [1.807, 2.05) is 0 Å². The maximum atomic E-state index is 10.1. The summed E-state index contributed by atoms with van der Waals surface area (Å²) in [6.45, 7) is 0. The van der Waals surface area contributed by atoms with Crippen LogP contribution in [0.1, 0.15) is 12.8 Å². The quantitative estimate of drug-likeness (QED) is 0.700. The molecule has 0 aliphatic carbocycles. The van der Waals surface area contributed by atoms with Crippen molar-refractivity contribution >= 4 is 21.9 Å². The minimum Gasteiger partial charge on any atom is -0.481 e. The van der Waals surface area contributed by atoms with Gasteiger partial charge in [-0.1, -0.05) is 15.9 Å². The van der Waals surface area contributed by atoms with Gasteiger partial charge in [-0.3, -0.25) is 4.79 Å². The largest absolute Gasteiger partial charge is 0.481 e. The Morgan fingerprint density at radius 1 is 1.82 bits per heavy atom. The number of hydrogen-bond acceptors (Lipinski definition) is 2. The van der Waals surface area contributed by atoms with Gasteiger partial charge < -0.3 is 10.8 Å². The summed E-state index contributed by atoms with van der Waals surface area (Å²) < 4.78 is 0. The highest BCUT2D eigenvalue weighted by molar-refractivity contribution is 9.11. The van der Waals surface area contributed by atoms with Gasteiger partial charge in [-0.25, -0.2) is 0 Å². The predicted octanol–water partition coefficient (Wildman–Crippen LogP) is 1.24. The van der Waals surface area contributed by atoms with Crippen molar-refractivity contribution in [2.45, 2.75) is 18.9 Å².